The van der Waals surface area contributed by atoms with Crippen LogP contribution in [0.3, 0.4) is 0 Å². The van der Waals surface area contributed by atoms with Gasteiger partial charge in [-0.3, -0.25) is 0 Å². The lowest BCUT2D eigenvalue weighted by Gasteiger charge is -2.19. The van der Waals surface area contributed by atoms with Gasteiger partial charge in [-0.05, 0) is 54.4 Å². The smallest absolute Gasteiger partial charge is 0.126 e. The van der Waals surface area contributed by atoms with E-state index < -0.39 is 0 Å². The van der Waals surface area contributed by atoms with Crippen LogP contribution in [0.15, 0.2) is 51.4 Å². The van der Waals surface area contributed by atoms with Gasteiger partial charge in [0, 0.05) is 21.4 Å². The predicted octanol–water partition coefficient (Wildman–Crippen LogP) is 5.29. The maximum atomic E-state index is 14.0. The van der Waals surface area contributed by atoms with E-state index in [1.165, 1.54) is 11.6 Å². The van der Waals surface area contributed by atoms with Crippen LogP contribution in [-0.4, -0.2) is 13.1 Å². The van der Waals surface area contributed by atoms with Crippen molar-refractivity contribution in [1.82, 2.24) is 5.32 Å². The third-order valence-corrected chi connectivity index (χ3v) is 4.48. The quantitative estimate of drug-likeness (QED) is 0.677. The van der Waals surface area contributed by atoms with Crippen LogP contribution in [0, 0.1) is 5.82 Å². The Morgan fingerprint density at radius 1 is 1.05 bits per heavy atom. The monoisotopic (exact) mass is 413 g/mol. The molecular formula is C17H18Br2FN. The molecule has 0 aromatic heterocycles. The zero-order valence-corrected chi connectivity index (χ0v) is 15.0. The Morgan fingerprint density at radius 2 is 1.71 bits per heavy atom. The normalized spacial score (nSPS) is 12.4. The molecular weight excluding hydrogens is 397 g/mol. The lowest BCUT2D eigenvalue weighted by molar-refractivity contribution is 0.562. The highest BCUT2D eigenvalue weighted by molar-refractivity contribution is 9.10. The first-order chi connectivity index (χ1) is 10.1. The standard InChI is InChI=1S/C17H18Br2FN/c1-2-21-11-14(12-3-5-15(18)6-4-12)9-13-10-16(19)7-8-17(13)20/h3-8,10,14,21H,2,9,11H2,1H3. The minimum absolute atomic E-state index is 0.142. The van der Waals surface area contributed by atoms with E-state index >= 15 is 0 Å². The molecule has 1 unspecified atom stereocenters. The number of rotatable bonds is 6. The molecule has 112 valence electrons. The SMILES string of the molecule is CCNCC(Cc1cc(Br)ccc1F)c1ccc(Br)cc1. The molecule has 4 heteroatoms. The Hall–Kier alpha value is -0.710. The highest BCUT2D eigenvalue weighted by atomic mass is 79.9. The Labute approximate surface area is 142 Å². The van der Waals surface area contributed by atoms with E-state index in [2.05, 4.69) is 56.2 Å². The van der Waals surface area contributed by atoms with E-state index in [1.807, 2.05) is 18.2 Å². The van der Waals surface area contributed by atoms with Gasteiger partial charge in [-0.15, -0.1) is 0 Å². The second-order valence-electron chi connectivity index (χ2n) is 5.00. The first-order valence-corrected chi connectivity index (χ1v) is 8.59. The third kappa shape index (κ3) is 4.90. The number of nitrogens with one attached hydrogen (secondary N) is 1. The van der Waals surface area contributed by atoms with Gasteiger partial charge in [0.25, 0.3) is 0 Å². The summed E-state index contributed by atoms with van der Waals surface area (Å²) in [6.45, 7) is 3.83. The molecule has 0 amide bonds. The summed E-state index contributed by atoms with van der Waals surface area (Å²) in [5.74, 6) is 0.110. The van der Waals surface area contributed by atoms with Crippen molar-refractivity contribution >= 4 is 31.9 Å². The summed E-state index contributed by atoms with van der Waals surface area (Å²) in [6.07, 6.45) is 0.680. The molecule has 1 atom stereocenters. The number of hydrogen-bond acceptors (Lipinski definition) is 1. The van der Waals surface area contributed by atoms with Gasteiger partial charge < -0.3 is 5.32 Å². The summed E-state index contributed by atoms with van der Waals surface area (Å²) in [7, 11) is 0. The van der Waals surface area contributed by atoms with Crippen LogP contribution in [0.2, 0.25) is 0 Å². The van der Waals surface area contributed by atoms with Gasteiger partial charge in [-0.2, -0.15) is 0 Å². The topological polar surface area (TPSA) is 12.0 Å². The summed E-state index contributed by atoms with van der Waals surface area (Å²) in [5.41, 5.74) is 1.97. The van der Waals surface area contributed by atoms with Crippen LogP contribution in [-0.2, 0) is 6.42 Å². The molecule has 0 aliphatic rings. The Bertz CT molecular complexity index is 584. The van der Waals surface area contributed by atoms with E-state index in [9.17, 15) is 4.39 Å². The second kappa shape index (κ2) is 8.06. The predicted molar refractivity (Wildman–Crippen MR) is 93.2 cm³/mol. The van der Waals surface area contributed by atoms with Gasteiger partial charge in [0.2, 0.25) is 0 Å². The fourth-order valence-corrected chi connectivity index (χ4v) is 3.00. The van der Waals surface area contributed by atoms with Crippen LogP contribution in [0.4, 0.5) is 4.39 Å². The van der Waals surface area contributed by atoms with Crippen LogP contribution in [0.1, 0.15) is 24.0 Å². The molecule has 0 radical (unpaired) electrons. The zero-order chi connectivity index (χ0) is 15.2. The second-order valence-corrected chi connectivity index (χ2v) is 6.83. The number of benzene rings is 2. The molecule has 0 fully saturated rings. The van der Waals surface area contributed by atoms with Gasteiger partial charge in [0.05, 0.1) is 0 Å². The van der Waals surface area contributed by atoms with Gasteiger partial charge >= 0.3 is 0 Å². The van der Waals surface area contributed by atoms with Crippen molar-refractivity contribution < 1.29 is 4.39 Å². The fraction of sp³-hybridized carbons (Fsp3) is 0.294. The van der Waals surface area contributed by atoms with Crippen molar-refractivity contribution in [3.8, 4) is 0 Å². The van der Waals surface area contributed by atoms with E-state index in [0.717, 1.165) is 27.6 Å². The van der Waals surface area contributed by atoms with E-state index in [0.29, 0.717) is 6.42 Å². The van der Waals surface area contributed by atoms with E-state index in [-0.39, 0.29) is 11.7 Å². The first-order valence-electron chi connectivity index (χ1n) is 7.00. The molecule has 1 N–H and O–H groups in total. The van der Waals surface area contributed by atoms with Gasteiger partial charge in [0.1, 0.15) is 5.82 Å². The fourth-order valence-electron chi connectivity index (χ4n) is 2.33. The molecule has 0 saturated carbocycles. The summed E-state index contributed by atoms with van der Waals surface area (Å²) >= 11 is 6.87. The molecule has 21 heavy (non-hydrogen) atoms. The molecule has 0 saturated heterocycles. The highest BCUT2D eigenvalue weighted by Gasteiger charge is 2.15. The minimum atomic E-state index is -0.142. The molecule has 2 aromatic carbocycles. The van der Waals surface area contributed by atoms with E-state index in [1.54, 1.807) is 6.07 Å². The van der Waals surface area contributed by atoms with Crippen molar-refractivity contribution in [1.29, 1.82) is 0 Å². The van der Waals surface area contributed by atoms with Crippen molar-refractivity contribution in [3.63, 3.8) is 0 Å². The van der Waals surface area contributed by atoms with Gasteiger partial charge in [-0.25, -0.2) is 4.39 Å². The zero-order valence-electron chi connectivity index (χ0n) is 11.9. The van der Waals surface area contributed by atoms with Crippen LogP contribution in [0.25, 0.3) is 0 Å². The van der Waals surface area contributed by atoms with Crippen molar-refractivity contribution in [2.75, 3.05) is 13.1 Å². The number of hydrogen-bond donors (Lipinski definition) is 1. The molecule has 0 heterocycles. The Morgan fingerprint density at radius 3 is 2.38 bits per heavy atom. The Kier molecular flexibility index (Phi) is 6.40. The average molecular weight is 415 g/mol. The first kappa shape index (κ1) is 16.7. The van der Waals surface area contributed by atoms with Gasteiger partial charge in [-0.1, -0.05) is 50.9 Å². The molecule has 1 nitrogen and oxygen atoms in total. The van der Waals surface area contributed by atoms with E-state index in [4.69, 9.17) is 0 Å². The van der Waals surface area contributed by atoms with Crippen molar-refractivity contribution in [2.24, 2.45) is 0 Å². The largest absolute Gasteiger partial charge is 0.316 e. The molecule has 0 spiro atoms. The summed E-state index contributed by atoms with van der Waals surface area (Å²) in [5, 5.41) is 3.37. The lowest BCUT2D eigenvalue weighted by atomic mass is 9.91. The average Bonchev–Trinajstić information content (AvgIpc) is 2.48. The summed E-state index contributed by atoms with van der Waals surface area (Å²) in [4.78, 5) is 0. The molecule has 2 aromatic rings. The molecule has 0 aliphatic heterocycles. The molecule has 0 aliphatic carbocycles. The van der Waals surface area contributed by atoms with Crippen LogP contribution < -0.4 is 5.32 Å². The maximum Gasteiger partial charge on any atom is 0.126 e. The lowest BCUT2D eigenvalue weighted by Crippen LogP contribution is -2.23. The number of halogens is 3. The summed E-state index contributed by atoms with van der Waals surface area (Å²) in [6, 6.07) is 13.4. The molecule has 0 bridgehead atoms. The van der Waals surface area contributed by atoms with Crippen molar-refractivity contribution in [2.45, 2.75) is 19.3 Å². The Balaban J connectivity index is 2.23. The summed E-state index contributed by atoms with van der Waals surface area (Å²) < 4.78 is 16.0. The maximum absolute atomic E-state index is 14.0. The highest BCUT2D eigenvalue weighted by Crippen LogP contribution is 2.25. The van der Waals surface area contributed by atoms with Crippen LogP contribution in [0.5, 0.6) is 0 Å². The molecule has 2 rings (SSSR count). The minimum Gasteiger partial charge on any atom is -0.316 e. The van der Waals surface area contributed by atoms with Crippen LogP contribution >= 0.6 is 31.9 Å². The number of likely N-dealkylation sites (N-methyl/N-ethyl adjacent to an activating group) is 1. The van der Waals surface area contributed by atoms with Gasteiger partial charge in [0.15, 0.2) is 0 Å². The van der Waals surface area contributed by atoms with Crippen molar-refractivity contribution in [3.05, 3.63) is 68.4 Å². The third-order valence-electron chi connectivity index (χ3n) is 3.46.